The number of hydrogen-bond donors (Lipinski definition) is 0. The molecule has 10 aromatic carbocycles. The van der Waals surface area contributed by atoms with Crippen LogP contribution in [0.3, 0.4) is 0 Å². The van der Waals surface area contributed by atoms with Crippen LogP contribution < -0.4 is 21.3 Å². The summed E-state index contributed by atoms with van der Waals surface area (Å²) in [5.41, 5.74) is 23.0. The number of benzene rings is 10. The van der Waals surface area contributed by atoms with Gasteiger partial charge >= 0.3 is 0 Å². The van der Waals surface area contributed by atoms with Crippen molar-refractivity contribution < 1.29 is 0 Å². The number of fused-ring (bicyclic) bond motifs is 13. The molecule has 15 rings (SSSR count). The summed E-state index contributed by atoms with van der Waals surface area (Å²) in [6.07, 6.45) is 0. The minimum atomic E-state index is -0.0116. The molecule has 3 aliphatic rings. The van der Waals surface area contributed by atoms with E-state index in [1.54, 1.807) is 0 Å². The summed E-state index contributed by atoms with van der Waals surface area (Å²) < 4.78 is 5.30. The maximum absolute atomic E-state index is 2.67. The number of hydrogen-bond acceptors (Lipinski definition) is 1. The van der Waals surface area contributed by atoms with E-state index >= 15 is 0 Å². The third-order valence-electron chi connectivity index (χ3n) is 15.9. The monoisotopic (exact) mass is 869 g/mol. The van der Waals surface area contributed by atoms with Gasteiger partial charge in [0.25, 0.3) is 6.71 Å². The maximum atomic E-state index is 2.67. The van der Waals surface area contributed by atoms with E-state index < -0.39 is 0 Å². The van der Waals surface area contributed by atoms with Gasteiger partial charge in [0.05, 0.1) is 27.8 Å². The fraction of sp³-hybridized carbons (Fsp3) is 0.125. The molecule has 0 atom stereocenters. The molecule has 0 N–H and O–H groups in total. The Morgan fingerprint density at radius 2 is 0.868 bits per heavy atom. The van der Waals surface area contributed by atoms with E-state index in [1.165, 1.54) is 126 Å². The van der Waals surface area contributed by atoms with Gasteiger partial charge in [-0.2, -0.15) is 0 Å². The Balaban J connectivity index is 1.14. The van der Waals surface area contributed by atoms with Crippen molar-refractivity contribution in [3.63, 3.8) is 0 Å². The lowest BCUT2D eigenvalue weighted by molar-refractivity contribution is 0.590. The molecule has 0 radical (unpaired) electrons. The van der Waals surface area contributed by atoms with Crippen molar-refractivity contribution in [3.05, 3.63) is 193 Å². The van der Waals surface area contributed by atoms with Crippen molar-refractivity contribution in [1.82, 2.24) is 9.13 Å². The summed E-state index contributed by atoms with van der Waals surface area (Å²) in [5.74, 6) is 0. The first kappa shape index (κ1) is 38.3. The number of nitrogens with zero attached hydrogens (tertiary/aromatic N) is 3. The minimum Gasteiger partial charge on any atom is -0.310 e. The van der Waals surface area contributed by atoms with Gasteiger partial charge in [0.2, 0.25) is 0 Å². The van der Waals surface area contributed by atoms with Gasteiger partial charge in [-0.3, -0.25) is 0 Å². The lowest BCUT2D eigenvalue weighted by Crippen LogP contribution is -2.59. The topological polar surface area (TPSA) is 13.1 Å². The smallest absolute Gasteiger partial charge is 0.252 e. The van der Waals surface area contributed by atoms with Gasteiger partial charge in [0.15, 0.2) is 0 Å². The van der Waals surface area contributed by atoms with E-state index in [9.17, 15) is 0 Å². The number of aromatic nitrogens is 2. The van der Waals surface area contributed by atoms with Crippen LogP contribution >= 0.6 is 0 Å². The molecule has 0 bridgehead atoms. The summed E-state index contributed by atoms with van der Waals surface area (Å²) in [6, 6.07) is 70.0. The Morgan fingerprint density at radius 3 is 1.51 bits per heavy atom. The van der Waals surface area contributed by atoms with Gasteiger partial charge < -0.3 is 14.0 Å². The van der Waals surface area contributed by atoms with Crippen molar-refractivity contribution in [2.75, 3.05) is 4.90 Å². The molecular formula is C64H48BN3. The van der Waals surface area contributed by atoms with Crippen molar-refractivity contribution >= 4 is 105 Å². The van der Waals surface area contributed by atoms with Crippen molar-refractivity contribution in [1.29, 1.82) is 0 Å². The zero-order chi connectivity index (χ0) is 45.5. The first-order chi connectivity index (χ1) is 33.0. The molecule has 4 heterocycles. The van der Waals surface area contributed by atoms with Gasteiger partial charge in [0.1, 0.15) is 0 Å². The number of para-hydroxylation sites is 1. The third-order valence-corrected chi connectivity index (χ3v) is 15.9. The fourth-order valence-corrected chi connectivity index (χ4v) is 12.8. The molecule has 0 unspecified atom stereocenters. The minimum absolute atomic E-state index is 0.0116. The second-order valence-electron chi connectivity index (χ2n) is 21.7. The Bertz CT molecular complexity index is 4150. The second-order valence-corrected chi connectivity index (χ2v) is 21.7. The van der Waals surface area contributed by atoms with E-state index in [2.05, 4.69) is 238 Å². The van der Waals surface area contributed by atoms with Crippen LogP contribution in [-0.4, -0.2) is 15.8 Å². The largest absolute Gasteiger partial charge is 0.310 e. The average molecular weight is 870 g/mol. The molecule has 0 saturated carbocycles. The van der Waals surface area contributed by atoms with E-state index in [-0.39, 0.29) is 17.5 Å². The van der Waals surface area contributed by atoms with Crippen LogP contribution in [-0.2, 0) is 10.8 Å². The zero-order valence-electron chi connectivity index (χ0n) is 39.2. The highest BCUT2D eigenvalue weighted by atomic mass is 15.2. The molecular weight excluding hydrogens is 822 g/mol. The highest BCUT2D eigenvalue weighted by Gasteiger charge is 2.43. The van der Waals surface area contributed by atoms with Gasteiger partial charge in [-0.05, 0) is 131 Å². The molecule has 2 aliphatic heterocycles. The Morgan fingerprint density at radius 1 is 0.382 bits per heavy atom. The Kier molecular flexibility index (Phi) is 7.32. The van der Waals surface area contributed by atoms with Crippen LogP contribution in [0.5, 0.6) is 0 Å². The highest BCUT2D eigenvalue weighted by Crippen LogP contribution is 2.51. The Hall–Kier alpha value is -7.82. The molecule has 68 heavy (non-hydrogen) atoms. The molecule has 2 aromatic heterocycles. The number of anilines is 3. The summed E-state index contributed by atoms with van der Waals surface area (Å²) in [5, 5.41) is 10.5. The van der Waals surface area contributed by atoms with Gasteiger partial charge in [-0.1, -0.05) is 175 Å². The van der Waals surface area contributed by atoms with Gasteiger partial charge in [0, 0.05) is 44.3 Å². The molecule has 0 saturated heterocycles. The van der Waals surface area contributed by atoms with Crippen LogP contribution in [0.25, 0.3) is 98.8 Å². The standard InChI is InChI=1S/C64H48BN3/c1-63(2,3)39-25-29-41(30-26-39)66(42-31-27-40(28-32-42)64(4,5)6)43-35-54-60-55(36-43)68-53-24-14-22-48-46-19-10-9-18-45(46)47-21-13-16-38-34-51(62(68)59(56(38)47)58(48)53)65(60)50-33-37-15-7-8-17-44(37)57-49-20-11-12-23-52(49)67(54)61(50)57/h7-36H,1-6H3. The van der Waals surface area contributed by atoms with Crippen molar-refractivity contribution in [2.24, 2.45) is 0 Å². The first-order valence-corrected chi connectivity index (χ1v) is 24.3. The maximum Gasteiger partial charge on any atom is 0.252 e. The number of rotatable bonds is 3. The lowest BCUT2D eigenvalue weighted by Gasteiger charge is -2.36. The summed E-state index contributed by atoms with van der Waals surface area (Å²) in [7, 11) is 0. The zero-order valence-corrected chi connectivity index (χ0v) is 39.2. The average Bonchev–Trinajstić information content (AvgIpc) is 3.85. The summed E-state index contributed by atoms with van der Waals surface area (Å²) in [4.78, 5) is 2.51. The summed E-state index contributed by atoms with van der Waals surface area (Å²) in [6.45, 7) is 13.8. The Labute approximate surface area is 396 Å². The van der Waals surface area contributed by atoms with E-state index in [4.69, 9.17) is 0 Å². The van der Waals surface area contributed by atoms with Crippen LogP contribution in [0.1, 0.15) is 52.7 Å². The predicted molar refractivity (Wildman–Crippen MR) is 291 cm³/mol. The van der Waals surface area contributed by atoms with Crippen LogP contribution in [0.2, 0.25) is 0 Å². The van der Waals surface area contributed by atoms with Crippen molar-refractivity contribution in [3.8, 4) is 33.6 Å². The van der Waals surface area contributed by atoms with Crippen molar-refractivity contribution in [2.45, 2.75) is 52.4 Å². The molecule has 12 aromatic rings. The SMILES string of the molecule is CC(C)(C)c1ccc(N(c2ccc(C(C)(C)C)cc2)c2cc3c4c(c2)-n2c5cccc6c5c5c7c(cccc7cc(c52)B4c2cc4ccccc4c4c5ccccc5n-3c24)-c2ccccc2-6)cc1. The quantitative estimate of drug-likeness (QED) is 0.161. The van der Waals surface area contributed by atoms with Gasteiger partial charge in [-0.15, -0.1) is 0 Å². The molecule has 322 valence electrons. The lowest BCUT2D eigenvalue weighted by atomic mass is 9.34. The molecule has 4 heteroatoms. The molecule has 0 fully saturated rings. The normalized spacial score (nSPS) is 13.4. The van der Waals surface area contributed by atoms with Crippen LogP contribution in [0.15, 0.2) is 182 Å². The predicted octanol–water partition coefficient (Wildman–Crippen LogP) is 15.0. The summed E-state index contributed by atoms with van der Waals surface area (Å²) >= 11 is 0. The third kappa shape index (κ3) is 4.89. The van der Waals surface area contributed by atoms with E-state index in [1.807, 2.05) is 0 Å². The molecule has 0 amide bonds. The second kappa shape index (κ2) is 13.0. The van der Waals surface area contributed by atoms with E-state index in [0.717, 1.165) is 17.1 Å². The van der Waals surface area contributed by atoms with E-state index in [0.29, 0.717) is 0 Å². The molecule has 1 aliphatic carbocycles. The van der Waals surface area contributed by atoms with Gasteiger partial charge in [-0.25, -0.2) is 0 Å². The molecule has 3 nitrogen and oxygen atoms in total. The highest BCUT2D eigenvalue weighted by molar-refractivity contribution is 7.00. The first-order valence-electron chi connectivity index (χ1n) is 24.3. The molecule has 0 spiro atoms. The fourth-order valence-electron chi connectivity index (χ4n) is 12.8. The van der Waals surface area contributed by atoms with Crippen LogP contribution in [0, 0.1) is 0 Å². The van der Waals surface area contributed by atoms with Crippen LogP contribution in [0.4, 0.5) is 17.1 Å².